The van der Waals surface area contributed by atoms with Crippen molar-refractivity contribution in [3.63, 3.8) is 0 Å². The number of hydrogen-bond acceptors (Lipinski definition) is 8. The van der Waals surface area contributed by atoms with Crippen molar-refractivity contribution in [3.8, 4) is 11.5 Å². The van der Waals surface area contributed by atoms with Crippen LogP contribution in [0.3, 0.4) is 0 Å². The molecule has 1 fully saturated rings. The molecule has 2 heterocycles. The SMILES string of the molecule is COc1ccc(NS(=O)(=O)c2cc(NC(=O)Cc3c(C)n(C(=O)c4ccc(Cl)cc4)c4ccc(OC)cc34)ccc2N2CCOCC2)cc1. The molecule has 0 spiro atoms. The second kappa shape index (κ2) is 14.2. The van der Waals surface area contributed by atoms with Gasteiger partial charge in [0, 0.05) is 46.1 Å². The second-order valence-corrected chi connectivity index (χ2v) is 13.5. The average molecular weight is 703 g/mol. The van der Waals surface area contributed by atoms with Gasteiger partial charge in [-0.25, -0.2) is 8.42 Å². The number of carbonyl (C=O) groups is 2. The van der Waals surface area contributed by atoms with Crippen LogP contribution in [0.5, 0.6) is 11.5 Å². The molecular weight excluding hydrogens is 668 g/mol. The van der Waals surface area contributed by atoms with Gasteiger partial charge in [-0.15, -0.1) is 0 Å². The molecular formula is C36H35ClN4O7S. The van der Waals surface area contributed by atoms with Crippen LogP contribution in [0.2, 0.25) is 5.02 Å². The summed E-state index contributed by atoms with van der Waals surface area (Å²) in [4.78, 5) is 29.3. The van der Waals surface area contributed by atoms with Gasteiger partial charge in [0.15, 0.2) is 0 Å². The van der Waals surface area contributed by atoms with Gasteiger partial charge in [-0.2, -0.15) is 0 Å². The Kier molecular flexibility index (Phi) is 9.81. The minimum absolute atomic E-state index is 0.00842. The standard InChI is InChI=1S/C36H35ClN4O7S/c1-23-30(31-21-29(47-3)13-15-32(31)41(23)36(43)24-4-6-25(37)7-5-24)22-35(42)38-27-10-14-33(40-16-18-48-19-17-40)34(20-27)49(44,45)39-26-8-11-28(46-2)12-9-26/h4-15,20-21,39H,16-19,22H2,1-3H3,(H,38,42). The Bertz CT molecular complexity index is 2130. The Morgan fingerprint density at radius 3 is 2.18 bits per heavy atom. The predicted octanol–water partition coefficient (Wildman–Crippen LogP) is 6.13. The van der Waals surface area contributed by atoms with Gasteiger partial charge in [0.25, 0.3) is 15.9 Å². The number of aromatic nitrogens is 1. The molecule has 0 atom stereocenters. The molecule has 0 aliphatic carbocycles. The topological polar surface area (TPSA) is 128 Å². The van der Waals surface area contributed by atoms with Crippen molar-refractivity contribution in [2.45, 2.75) is 18.2 Å². The highest BCUT2D eigenvalue weighted by Gasteiger charge is 2.26. The minimum Gasteiger partial charge on any atom is -0.497 e. The van der Waals surface area contributed by atoms with Crippen LogP contribution < -0.4 is 24.4 Å². The molecule has 11 nitrogen and oxygen atoms in total. The molecule has 5 aromatic rings. The van der Waals surface area contributed by atoms with Gasteiger partial charge < -0.3 is 24.4 Å². The third-order valence-corrected chi connectivity index (χ3v) is 10.1. The highest BCUT2D eigenvalue weighted by atomic mass is 35.5. The zero-order chi connectivity index (χ0) is 34.7. The first kappa shape index (κ1) is 33.8. The van der Waals surface area contributed by atoms with Gasteiger partial charge in [0.05, 0.1) is 45.1 Å². The lowest BCUT2D eigenvalue weighted by atomic mass is 10.1. The van der Waals surface area contributed by atoms with E-state index in [9.17, 15) is 18.0 Å². The number of methoxy groups -OCH3 is 2. The van der Waals surface area contributed by atoms with Crippen molar-refractivity contribution in [2.24, 2.45) is 0 Å². The van der Waals surface area contributed by atoms with E-state index in [1.54, 1.807) is 97.5 Å². The quantitative estimate of drug-likeness (QED) is 0.178. The van der Waals surface area contributed by atoms with E-state index in [-0.39, 0.29) is 17.2 Å². The van der Waals surface area contributed by atoms with E-state index in [1.807, 2.05) is 4.90 Å². The third-order valence-electron chi connectivity index (χ3n) is 8.40. The molecule has 2 N–H and O–H groups in total. The number of anilines is 3. The largest absolute Gasteiger partial charge is 0.497 e. The molecule has 1 aliphatic rings. The van der Waals surface area contributed by atoms with E-state index in [2.05, 4.69) is 10.0 Å². The fourth-order valence-corrected chi connectivity index (χ4v) is 7.34. The molecule has 6 rings (SSSR count). The van der Waals surface area contributed by atoms with E-state index in [1.165, 1.54) is 13.2 Å². The van der Waals surface area contributed by atoms with Crippen molar-refractivity contribution < 1.29 is 32.2 Å². The summed E-state index contributed by atoms with van der Waals surface area (Å²) in [5, 5.41) is 4.07. The maximum Gasteiger partial charge on any atom is 0.264 e. The summed E-state index contributed by atoms with van der Waals surface area (Å²) in [5.41, 5.74) is 3.43. The Morgan fingerprint density at radius 2 is 1.51 bits per heavy atom. The van der Waals surface area contributed by atoms with Crippen molar-refractivity contribution in [1.29, 1.82) is 0 Å². The lowest BCUT2D eigenvalue weighted by molar-refractivity contribution is -0.115. The molecule has 254 valence electrons. The molecule has 1 saturated heterocycles. The number of rotatable bonds is 10. The summed E-state index contributed by atoms with van der Waals surface area (Å²) in [6.07, 6.45) is -0.0895. The number of nitrogens with one attached hydrogen (secondary N) is 2. The fourth-order valence-electron chi connectivity index (χ4n) is 5.90. The number of ether oxygens (including phenoxy) is 3. The van der Waals surface area contributed by atoms with Crippen LogP contribution in [0.4, 0.5) is 17.1 Å². The lowest BCUT2D eigenvalue weighted by Crippen LogP contribution is -2.37. The normalized spacial score (nSPS) is 13.3. The molecule has 49 heavy (non-hydrogen) atoms. The van der Waals surface area contributed by atoms with Crippen molar-refractivity contribution in [2.75, 3.05) is 55.5 Å². The highest BCUT2D eigenvalue weighted by Crippen LogP contribution is 2.33. The average Bonchev–Trinajstić information content (AvgIpc) is 3.38. The molecule has 1 aliphatic heterocycles. The number of sulfonamides is 1. The summed E-state index contributed by atoms with van der Waals surface area (Å²) in [6, 6.07) is 23.3. The molecule has 0 bridgehead atoms. The van der Waals surface area contributed by atoms with Crippen molar-refractivity contribution >= 4 is 61.4 Å². The molecule has 0 unspecified atom stereocenters. The van der Waals surface area contributed by atoms with Crippen LogP contribution in [0.25, 0.3) is 10.9 Å². The van der Waals surface area contributed by atoms with Crippen molar-refractivity contribution in [3.05, 3.63) is 107 Å². The zero-order valence-electron chi connectivity index (χ0n) is 27.2. The van der Waals surface area contributed by atoms with E-state index >= 15 is 0 Å². The van der Waals surface area contributed by atoms with Gasteiger partial charge in [-0.3, -0.25) is 18.9 Å². The van der Waals surface area contributed by atoms with Gasteiger partial charge in [0.2, 0.25) is 5.91 Å². The first-order valence-electron chi connectivity index (χ1n) is 15.5. The number of halogens is 1. The molecule has 13 heteroatoms. The molecule has 4 aromatic carbocycles. The Labute approximate surface area is 289 Å². The molecule has 0 radical (unpaired) electrons. The maximum atomic E-state index is 13.8. The smallest absolute Gasteiger partial charge is 0.264 e. The highest BCUT2D eigenvalue weighted by molar-refractivity contribution is 7.92. The maximum absolute atomic E-state index is 13.8. The lowest BCUT2D eigenvalue weighted by Gasteiger charge is -2.30. The number of carbonyl (C=O) groups excluding carboxylic acids is 2. The van der Waals surface area contributed by atoms with Crippen molar-refractivity contribution in [1.82, 2.24) is 4.57 Å². The van der Waals surface area contributed by atoms with Crippen LogP contribution in [0.15, 0.2) is 89.8 Å². The molecule has 1 aromatic heterocycles. The number of amides is 1. The fraction of sp³-hybridized carbons (Fsp3) is 0.222. The number of nitrogens with zero attached hydrogens (tertiary/aromatic N) is 2. The van der Waals surface area contributed by atoms with Gasteiger partial charge >= 0.3 is 0 Å². The predicted molar refractivity (Wildman–Crippen MR) is 190 cm³/mol. The van der Waals surface area contributed by atoms with E-state index < -0.39 is 15.9 Å². The summed E-state index contributed by atoms with van der Waals surface area (Å²) >= 11 is 6.05. The summed E-state index contributed by atoms with van der Waals surface area (Å²) < 4.78 is 48.0. The van der Waals surface area contributed by atoms with Crippen LogP contribution in [-0.4, -0.2) is 65.3 Å². The van der Waals surface area contributed by atoms with Gasteiger partial charge in [-0.05, 0) is 97.4 Å². The Hall–Kier alpha value is -5.04. The van der Waals surface area contributed by atoms with Crippen LogP contribution in [-0.2, 0) is 26.0 Å². The van der Waals surface area contributed by atoms with E-state index in [0.717, 1.165) is 0 Å². The van der Waals surface area contributed by atoms with Crippen LogP contribution in [0, 0.1) is 6.92 Å². The van der Waals surface area contributed by atoms with Gasteiger partial charge in [-0.1, -0.05) is 11.6 Å². The zero-order valence-corrected chi connectivity index (χ0v) is 28.7. The van der Waals surface area contributed by atoms with E-state index in [4.69, 9.17) is 25.8 Å². The number of benzene rings is 4. The molecule has 1 amide bonds. The second-order valence-electron chi connectivity index (χ2n) is 11.4. The third kappa shape index (κ3) is 7.21. The minimum atomic E-state index is -4.10. The monoisotopic (exact) mass is 702 g/mol. The number of morpholine rings is 1. The number of hydrogen-bond donors (Lipinski definition) is 2. The van der Waals surface area contributed by atoms with Crippen LogP contribution >= 0.6 is 11.6 Å². The van der Waals surface area contributed by atoms with E-state index in [0.29, 0.717) is 87.6 Å². The summed E-state index contributed by atoms with van der Waals surface area (Å²) in [6.45, 7) is 3.73. The summed E-state index contributed by atoms with van der Waals surface area (Å²) in [7, 11) is -1.02. The van der Waals surface area contributed by atoms with Gasteiger partial charge in [0.1, 0.15) is 16.4 Å². The Morgan fingerprint density at radius 1 is 0.857 bits per heavy atom. The molecule has 0 saturated carbocycles. The van der Waals surface area contributed by atoms with Crippen LogP contribution in [0.1, 0.15) is 21.6 Å². The first-order chi connectivity index (χ1) is 23.6. The Balaban J connectivity index is 1.32. The summed E-state index contributed by atoms with van der Waals surface area (Å²) in [5.74, 6) is 0.499. The first-order valence-corrected chi connectivity index (χ1v) is 17.4. The number of fused-ring (bicyclic) bond motifs is 1.